The molecular formula is C19H16Cl2FNO4. The van der Waals surface area contributed by atoms with Crippen molar-refractivity contribution < 1.29 is 23.8 Å². The Kier molecular flexibility index (Phi) is 5.87. The van der Waals surface area contributed by atoms with Gasteiger partial charge >= 0.3 is 5.97 Å². The predicted molar refractivity (Wildman–Crippen MR) is 99.4 cm³/mol. The summed E-state index contributed by atoms with van der Waals surface area (Å²) in [7, 11) is 0. The Bertz CT molecular complexity index is 873. The van der Waals surface area contributed by atoms with Crippen molar-refractivity contribution in [2.75, 3.05) is 13.2 Å². The highest BCUT2D eigenvalue weighted by molar-refractivity contribution is 6.32. The topological polar surface area (TPSA) is 66.8 Å². The number of nitrogens with zero attached hydrogens (tertiary/aromatic N) is 1. The van der Waals surface area contributed by atoms with Gasteiger partial charge in [0.1, 0.15) is 18.2 Å². The zero-order valence-electron chi connectivity index (χ0n) is 14.1. The maximum atomic E-state index is 13.8. The number of carbonyl (C=O) groups excluding carboxylic acids is 1. The highest BCUT2D eigenvalue weighted by Crippen LogP contribution is 2.29. The highest BCUT2D eigenvalue weighted by atomic mass is 35.5. The number of amides is 1. The van der Waals surface area contributed by atoms with Gasteiger partial charge in [0.15, 0.2) is 0 Å². The zero-order valence-corrected chi connectivity index (χ0v) is 15.6. The molecule has 142 valence electrons. The van der Waals surface area contributed by atoms with E-state index in [0.29, 0.717) is 17.1 Å². The van der Waals surface area contributed by atoms with Gasteiger partial charge < -0.3 is 14.7 Å². The first-order chi connectivity index (χ1) is 12.9. The third-order valence-corrected chi connectivity index (χ3v) is 4.96. The van der Waals surface area contributed by atoms with Crippen LogP contribution in [0.5, 0.6) is 5.75 Å². The first-order valence-corrected chi connectivity index (χ1v) is 9.04. The molecule has 1 N–H and O–H groups in total. The van der Waals surface area contributed by atoms with Gasteiger partial charge in [-0.15, -0.1) is 0 Å². The molecule has 0 unspecified atom stereocenters. The number of halogens is 3. The third kappa shape index (κ3) is 4.34. The van der Waals surface area contributed by atoms with E-state index in [1.54, 1.807) is 29.2 Å². The molecule has 5 nitrogen and oxygen atoms in total. The molecule has 0 spiro atoms. The molecule has 8 heteroatoms. The second-order valence-corrected chi connectivity index (χ2v) is 7.02. The van der Waals surface area contributed by atoms with Crippen molar-refractivity contribution in [1.29, 1.82) is 0 Å². The van der Waals surface area contributed by atoms with Gasteiger partial charge in [0.25, 0.3) is 5.91 Å². The number of hydrogen-bond acceptors (Lipinski definition) is 3. The number of aromatic carboxylic acids is 1. The molecule has 0 radical (unpaired) electrons. The Morgan fingerprint density at radius 3 is 2.59 bits per heavy atom. The normalized spacial score (nSPS) is 16.4. The number of carboxylic acid groups (broad SMARTS) is 1. The molecule has 0 aromatic heterocycles. The van der Waals surface area contributed by atoms with Crippen molar-refractivity contribution in [3.05, 3.63) is 63.4 Å². The van der Waals surface area contributed by atoms with E-state index in [-0.39, 0.29) is 29.3 Å². The summed E-state index contributed by atoms with van der Waals surface area (Å²) in [5.41, 5.74) is 0.00828. The Morgan fingerprint density at radius 2 is 1.93 bits per heavy atom. The van der Waals surface area contributed by atoms with Crippen LogP contribution in [0.3, 0.4) is 0 Å². The summed E-state index contributed by atoms with van der Waals surface area (Å²) >= 11 is 11.8. The predicted octanol–water partition coefficient (Wildman–Crippen LogP) is 4.51. The van der Waals surface area contributed by atoms with Gasteiger partial charge in [-0.3, -0.25) is 4.79 Å². The summed E-state index contributed by atoms with van der Waals surface area (Å²) in [6.45, 7) is 0.723. The molecule has 0 bridgehead atoms. The molecule has 1 atom stereocenters. The molecule has 27 heavy (non-hydrogen) atoms. The van der Waals surface area contributed by atoms with E-state index < -0.39 is 17.3 Å². The molecule has 0 saturated carbocycles. The fourth-order valence-electron chi connectivity index (χ4n) is 3.02. The maximum Gasteiger partial charge on any atom is 0.338 e. The van der Waals surface area contributed by atoms with Crippen molar-refractivity contribution in [3.8, 4) is 5.75 Å². The average molecular weight is 412 g/mol. The standard InChI is InChI=1S/C19H16Cl2FNO4/c20-12-5-3-11(4-6-12)18(24)23-7-1-2-13(23)10-27-17-9-16(22)14(19(25)26)8-15(17)21/h3-6,8-9,13H,1-2,7,10H2,(H,25,26)/t13-/m1/s1. The monoisotopic (exact) mass is 411 g/mol. The van der Waals surface area contributed by atoms with Gasteiger partial charge in [0, 0.05) is 23.2 Å². The molecule has 0 aliphatic carbocycles. The molecule has 2 aromatic carbocycles. The van der Waals surface area contributed by atoms with E-state index >= 15 is 0 Å². The molecule has 1 fully saturated rings. The van der Waals surface area contributed by atoms with Crippen LogP contribution in [0.4, 0.5) is 4.39 Å². The van der Waals surface area contributed by atoms with Crippen LogP contribution >= 0.6 is 23.2 Å². The van der Waals surface area contributed by atoms with Crippen molar-refractivity contribution in [2.45, 2.75) is 18.9 Å². The Hall–Kier alpha value is -2.31. The first-order valence-electron chi connectivity index (χ1n) is 8.28. The van der Waals surface area contributed by atoms with Crippen LogP contribution in [0.1, 0.15) is 33.6 Å². The van der Waals surface area contributed by atoms with Crippen LogP contribution in [0, 0.1) is 5.82 Å². The molecule has 1 aliphatic rings. The molecule has 1 heterocycles. The van der Waals surface area contributed by atoms with Gasteiger partial charge in [-0.2, -0.15) is 0 Å². The largest absolute Gasteiger partial charge is 0.490 e. The van der Waals surface area contributed by atoms with E-state index in [1.807, 2.05) is 0 Å². The summed E-state index contributed by atoms with van der Waals surface area (Å²) in [6.07, 6.45) is 1.57. The third-order valence-electron chi connectivity index (χ3n) is 4.41. The number of carbonyl (C=O) groups is 2. The number of benzene rings is 2. The van der Waals surface area contributed by atoms with Gasteiger partial charge in [0.05, 0.1) is 16.6 Å². The SMILES string of the molecule is O=C(O)c1cc(Cl)c(OC[C@H]2CCCN2C(=O)c2ccc(Cl)cc2)cc1F. The lowest BCUT2D eigenvalue weighted by atomic mass is 10.1. The minimum atomic E-state index is -1.41. The van der Waals surface area contributed by atoms with E-state index in [0.717, 1.165) is 25.0 Å². The lowest BCUT2D eigenvalue weighted by Gasteiger charge is -2.25. The summed E-state index contributed by atoms with van der Waals surface area (Å²) in [5, 5.41) is 9.47. The Morgan fingerprint density at radius 1 is 1.22 bits per heavy atom. The minimum absolute atomic E-state index is 0.00220. The molecular weight excluding hydrogens is 396 g/mol. The smallest absolute Gasteiger partial charge is 0.338 e. The van der Waals surface area contributed by atoms with E-state index in [1.165, 1.54) is 0 Å². The van der Waals surface area contributed by atoms with Crippen LogP contribution in [-0.2, 0) is 0 Å². The van der Waals surface area contributed by atoms with E-state index in [9.17, 15) is 14.0 Å². The maximum absolute atomic E-state index is 13.8. The Balaban J connectivity index is 1.70. The van der Waals surface area contributed by atoms with Crippen LogP contribution in [0.25, 0.3) is 0 Å². The van der Waals surface area contributed by atoms with Crippen molar-refractivity contribution in [1.82, 2.24) is 4.90 Å². The molecule has 1 saturated heterocycles. The van der Waals surface area contributed by atoms with E-state index in [4.69, 9.17) is 33.0 Å². The van der Waals surface area contributed by atoms with Crippen molar-refractivity contribution >= 4 is 35.1 Å². The second kappa shape index (κ2) is 8.15. The highest BCUT2D eigenvalue weighted by Gasteiger charge is 2.30. The van der Waals surface area contributed by atoms with Crippen molar-refractivity contribution in [3.63, 3.8) is 0 Å². The number of carboxylic acids is 1. The van der Waals surface area contributed by atoms with Gasteiger partial charge in [-0.1, -0.05) is 23.2 Å². The number of ether oxygens (including phenoxy) is 1. The van der Waals surface area contributed by atoms with Gasteiger partial charge in [-0.05, 0) is 43.2 Å². The molecule has 1 aliphatic heterocycles. The molecule has 3 rings (SSSR count). The molecule has 2 aromatic rings. The van der Waals surface area contributed by atoms with Crippen LogP contribution in [-0.4, -0.2) is 41.1 Å². The average Bonchev–Trinajstić information content (AvgIpc) is 3.10. The lowest BCUT2D eigenvalue weighted by molar-refractivity contribution is 0.0679. The number of rotatable bonds is 5. The zero-order chi connectivity index (χ0) is 19.6. The van der Waals surface area contributed by atoms with E-state index in [2.05, 4.69) is 0 Å². The lowest BCUT2D eigenvalue weighted by Crippen LogP contribution is -2.39. The van der Waals surface area contributed by atoms with Crippen molar-refractivity contribution in [2.24, 2.45) is 0 Å². The molecule has 1 amide bonds. The van der Waals surface area contributed by atoms with Crippen LogP contribution in [0.2, 0.25) is 10.0 Å². The quantitative estimate of drug-likeness (QED) is 0.785. The summed E-state index contributed by atoms with van der Waals surface area (Å²) in [5.74, 6) is -2.42. The second-order valence-electron chi connectivity index (χ2n) is 6.18. The summed E-state index contributed by atoms with van der Waals surface area (Å²) in [6, 6.07) is 8.42. The number of hydrogen-bond donors (Lipinski definition) is 1. The van der Waals surface area contributed by atoms with Crippen LogP contribution < -0.4 is 4.74 Å². The fraction of sp³-hybridized carbons (Fsp3) is 0.263. The summed E-state index contributed by atoms with van der Waals surface area (Å²) in [4.78, 5) is 25.3. The Labute approximate surface area is 165 Å². The summed E-state index contributed by atoms with van der Waals surface area (Å²) < 4.78 is 19.4. The van der Waals surface area contributed by atoms with Gasteiger partial charge in [-0.25, -0.2) is 9.18 Å². The van der Waals surface area contributed by atoms with Crippen LogP contribution in [0.15, 0.2) is 36.4 Å². The minimum Gasteiger partial charge on any atom is -0.490 e. The fourth-order valence-corrected chi connectivity index (χ4v) is 3.37. The van der Waals surface area contributed by atoms with Gasteiger partial charge in [0.2, 0.25) is 0 Å². The number of likely N-dealkylation sites (tertiary alicyclic amines) is 1. The first kappa shape index (κ1) is 19.5.